The average Bonchev–Trinajstić information content (AvgIpc) is 3.54. The molecule has 0 saturated heterocycles. The maximum atomic E-state index is 15.1. The van der Waals surface area contributed by atoms with Crippen LogP contribution in [0.1, 0.15) is 98.9 Å². The Balaban J connectivity index is 1.20. The van der Waals surface area contributed by atoms with E-state index in [2.05, 4.69) is 0 Å². The molecule has 0 unspecified atom stereocenters. The Morgan fingerprint density at radius 2 is 1.67 bits per heavy atom. The minimum absolute atomic E-state index is 0.0419. The van der Waals surface area contributed by atoms with Gasteiger partial charge in [-0.05, 0) is 105 Å². The number of rotatable bonds is 9. The molecule has 33 heavy (non-hydrogen) atoms. The van der Waals surface area contributed by atoms with E-state index in [1.165, 1.54) is 44.6 Å². The number of carboxylic acids is 1. The molecular weight excluding hydrogens is 419 g/mol. The van der Waals surface area contributed by atoms with Crippen molar-refractivity contribution >= 4 is 11.8 Å². The molecule has 0 heterocycles. The van der Waals surface area contributed by atoms with Gasteiger partial charge in [0.15, 0.2) is 5.78 Å². The maximum absolute atomic E-state index is 15.1. The molecule has 1 atom stereocenters. The Kier molecular flexibility index (Phi) is 5.30. The number of benzene rings is 1. The first-order valence-electron chi connectivity index (χ1n) is 13.1. The number of hydrogen-bond acceptors (Lipinski definition) is 3. The van der Waals surface area contributed by atoms with Crippen molar-refractivity contribution in [2.45, 2.75) is 83.0 Å². The van der Waals surface area contributed by atoms with Gasteiger partial charge in [0, 0.05) is 17.9 Å². The average molecular weight is 455 g/mol. The van der Waals surface area contributed by atoms with Crippen molar-refractivity contribution in [3.05, 3.63) is 29.1 Å². The maximum Gasteiger partial charge on any atom is 0.307 e. The van der Waals surface area contributed by atoms with Crippen LogP contribution in [0.2, 0.25) is 0 Å². The molecule has 1 N–H and O–H groups in total. The number of Topliss-reactive ketones (excluding diaryl/α,β-unsaturated/α-hetero) is 1. The number of aliphatic carboxylic acids is 1. The van der Waals surface area contributed by atoms with Crippen molar-refractivity contribution in [1.82, 2.24) is 0 Å². The first-order valence-corrected chi connectivity index (χ1v) is 13.1. The third kappa shape index (κ3) is 4.10. The molecular formula is C28H35FO4. The molecule has 6 saturated carbocycles. The van der Waals surface area contributed by atoms with E-state index in [1.807, 2.05) is 0 Å². The standard InChI is InChI=1S/C28H35FO4/c29-24-11-26(33-15-28-12-16-6-17(13-28)8-18(7-16)14-28)21(20-4-5-20)9-23(24)25(30)10-22(27(31)32)19-2-1-3-19/h9,11,16-20,22H,1-8,10,12-15H2,(H,31,32)/t16?,17?,18?,22-,28?/m0/s1. The third-order valence-corrected chi connectivity index (χ3v) is 9.56. The number of halogens is 1. The minimum atomic E-state index is -0.939. The Bertz CT molecular complexity index is 926. The second-order valence-corrected chi connectivity index (χ2v) is 12.1. The fraction of sp³-hybridized carbons (Fsp3) is 0.714. The number of hydrogen-bond donors (Lipinski definition) is 1. The van der Waals surface area contributed by atoms with E-state index in [4.69, 9.17) is 4.74 Å². The van der Waals surface area contributed by atoms with Crippen LogP contribution in [-0.2, 0) is 4.79 Å². The summed E-state index contributed by atoms with van der Waals surface area (Å²) in [5.41, 5.74) is 1.24. The summed E-state index contributed by atoms with van der Waals surface area (Å²) in [5.74, 6) is 0.909. The van der Waals surface area contributed by atoms with Gasteiger partial charge < -0.3 is 9.84 Å². The lowest BCUT2D eigenvalue weighted by atomic mass is 9.50. The highest BCUT2D eigenvalue weighted by molar-refractivity contribution is 5.98. The molecule has 1 aromatic rings. The summed E-state index contributed by atoms with van der Waals surface area (Å²) < 4.78 is 21.5. The Morgan fingerprint density at radius 1 is 1.03 bits per heavy atom. The largest absolute Gasteiger partial charge is 0.493 e. The lowest BCUT2D eigenvalue weighted by molar-refractivity contribution is -0.144. The van der Waals surface area contributed by atoms with Gasteiger partial charge in [-0.2, -0.15) is 0 Å². The third-order valence-electron chi connectivity index (χ3n) is 9.56. The smallest absolute Gasteiger partial charge is 0.307 e. The summed E-state index contributed by atoms with van der Waals surface area (Å²) in [6.07, 6.45) is 12.5. The molecule has 0 aliphatic heterocycles. The van der Waals surface area contributed by atoms with Crippen LogP contribution < -0.4 is 4.74 Å². The Morgan fingerprint density at radius 3 is 2.18 bits per heavy atom. The highest BCUT2D eigenvalue weighted by atomic mass is 19.1. The molecule has 0 spiro atoms. The molecule has 0 radical (unpaired) electrons. The number of carboxylic acid groups (broad SMARTS) is 1. The summed E-state index contributed by atoms with van der Waals surface area (Å²) in [5, 5.41) is 9.59. The molecule has 6 aliphatic carbocycles. The van der Waals surface area contributed by atoms with Gasteiger partial charge in [-0.3, -0.25) is 9.59 Å². The highest BCUT2D eigenvalue weighted by Gasteiger charge is 2.51. The quantitative estimate of drug-likeness (QED) is 0.440. The van der Waals surface area contributed by atoms with Gasteiger partial charge in [0.1, 0.15) is 11.6 Å². The van der Waals surface area contributed by atoms with Crippen LogP contribution in [0.15, 0.2) is 12.1 Å². The lowest BCUT2D eigenvalue weighted by Gasteiger charge is -2.56. The number of ketones is 1. The van der Waals surface area contributed by atoms with Crippen LogP contribution in [0.25, 0.3) is 0 Å². The fourth-order valence-electron chi connectivity index (χ4n) is 7.93. The van der Waals surface area contributed by atoms with Crippen molar-refractivity contribution in [2.75, 3.05) is 6.61 Å². The minimum Gasteiger partial charge on any atom is -0.493 e. The zero-order valence-corrected chi connectivity index (χ0v) is 19.4. The van der Waals surface area contributed by atoms with Crippen LogP contribution in [0, 0.1) is 40.8 Å². The molecule has 178 valence electrons. The normalized spacial score (nSPS) is 33.5. The molecule has 0 amide bonds. The predicted molar refractivity (Wildman–Crippen MR) is 122 cm³/mol. The summed E-state index contributed by atoms with van der Waals surface area (Å²) in [7, 11) is 0. The molecule has 6 aliphatic rings. The Labute approximate surface area is 195 Å². The monoisotopic (exact) mass is 454 g/mol. The van der Waals surface area contributed by atoms with Crippen molar-refractivity contribution in [3.63, 3.8) is 0 Å². The van der Waals surface area contributed by atoms with Crippen molar-refractivity contribution in [1.29, 1.82) is 0 Å². The number of carbonyl (C=O) groups is 2. The molecule has 0 aromatic heterocycles. The first-order chi connectivity index (χ1) is 15.9. The number of carbonyl (C=O) groups excluding carboxylic acids is 1. The van der Waals surface area contributed by atoms with E-state index in [0.29, 0.717) is 18.3 Å². The van der Waals surface area contributed by atoms with Crippen LogP contribution in [0.5, 0.6) is 5.75 Å². The summed E-state index contributed by atoms with van der Waals surface area (Å²) in [6, 6.07) is 3.10. The SMILES string of the molecule is O=C(C[C@H](C(=O)O)C1CCC1)c1cc(C2CC2)c(OCC23CC4CC(CC(C4)C2)C3)cc1F. The zero-order chi connectivity index (χ0) is 22.7. The molecule has 4 nitrogen and oxygen atoms in total. The second kappa shape index (κ2) is 8.09. The van der Waals surface area contributed by atoms with Crippen molar-refractivity contribution in [3.8, 4) is 5.75 Å². The van der Waals surface area contributed by atoms with Crippen LogP contribution in [0.3, 0.4) is 0 Å². The van der Waals surface area contributed by atoms with E-state index in [1.54, 1.807) is 6.07 Å². The molecule has 7 rings (SSSR count). The van der Waals surface area contributed by atoms with Gasteiger partial charge in [-0.25, -0.2) is 4.39 Å². The van der Waals surface area contributed by atoms with E-state index in [0.717, 1.165) is 55.4 Å². The number of ether oxygens (including phenoxy) is 1. The van der Waals surface area contributed by atoms with Gasteiger partial charge in [0.25, 0.3) is 0 Å². The molecule has 6 fully saturated rings. The van der Waals surface area contributed by atoms with Gasteiger partial charge >= 0.3 is 5.97 Å². The van der Waals surface area contributed by atoms with Gasteiger partial charge in [0.05, 0.1) is 18.1 Å². The van der Waals surface area contributed by atoms with E-state index in [-0.39, 0.29) is 29.1 Å². The zero-order valence-electron chi connectivity index (χ0n) is 19.4. The summed E-state index contributed by atoms with van der Waals surface area (Å²) >= 11 is 0. The van der Waals surface area contributed by atoms with Gasteiger partial charge in [-0.15, -0.1) is 0 Å². The van der Waals surface area contributed by atoms with Crippen molar-refractivity contribution in [2.24, 2.45) is 35.0 Å². The summed E-state index contributed by atoms with van der Waals surface area (Å²) in [6.45, 7) is 0.658. The van der Waals surface area contributed by atoms with Crippen LogP contribution >= 0.6 is 0 Å². The fourth-order valence-corrected chi connectivity index (χ4v) is 7.93. The van der Waals surface area contributed by atoms with E-state index < -0.39 is 17.7 Å². The van der Waals surface area contributed by atoms with Gasteiger partial charge in [-0.1, -0.05) is 6.42 Å². The predicted octanol–water partition coefficient (Wildman–Crippen LogP) is 6.37. The van der Waals surface area contributed by atoms with Crippen molar-refractivity contribution < 1.29 is 23.8 Å². The highest BCUT2D eigenvalue weighted by Crippen LogP contribution is 2.60. The molecule has 1 aromatic carbocycles. The Hall–Kier alpha value is -1.91. The molecule has 4 bridgehead atoms. The van der Waals surface area contributed by atoms with E-state index >= 15 is 4.39 Å². The van der Waals surface area contributed by atoms with Crippen LogP contribution in [0.4, 0.5) is 4.39 Å². The van der Waals surface area contributed by atoms with Crippen LogP contribution in [-0.4, -0.2) is 23.5 Å². The van der Waals surface area contributed by atoms with E-state index in [9.17, 15) is 14.7 Å². The summed E-state index contributed by atoms with van der Waals surface area (Å²) in [4.78, 5) is 24.7. The van der Waals surface area contributed by atoms with Gasteiger partial charge in [0.2, 0.25) is 0 Å². The lowest BCUT2D eigenvalue weighted by Crippen LogP contribution is -2.48. The topological polar surface area (TPSA) is 63.6 Å². The first kappa shape index (κ1) is 21.6. The molecule has 5 heteroatoms. The second-order valence-electron chi connectivity index (χ2n) is 12.1.